The zero-order valence-corrected chi connectivity index (χ0v) is 25.6. The Morgan fingerprint density at radius 1 is 0.902 bits per heavy atom. The number of likely N-dealkylation sites (N-methyl/N-ethyl adjacent to an activating group) is 1. The van der Waals surface area contributed by atoms with Crippen molar-refractivity contribution in [3.05, 3.63) is 82.3 Å². The first kappa shape index (κ1) is 32.0. The van der Waals surface area contributed by atoms with Crippen molar-refractivity contribution < 1.29 is 27.5 Å². The molecule has 0 spiro atoms. The van der Waals surface area contributed by atoms with Crippen molar-refractivity contribution in [3.8, 4) is 11.5 Å². The molecular formula is C29H33Cl2N3O6S. The van der Waals surface area contributed by atoms with Crippen LogP contribution in [0.2, 0.25) is 10.0 Å². The fourth-order valence-electron chi connectivity index (χ4n) is 4.27. The number of halogens is 2. The maximum atomic E-state index is 14.1. The molecule has 41 heavy (non-hydrogen) atoms. The van der Waals surface area contributed by atoms with Crippen LogP contribution < -0.4 is 19.1 Å². The molecule has 1 atom stereocenters. The van der Waals surface area contributed by atoms with Gasteiger partial charge in [0, 0.05) is 19.2 Å². The molecule has 1 N–H and O–H groups in total. The number of amides is 2. The summed E-state index contributed by atoms with van der Waals surface area (Å²) in [5, 5.41) is 3.40. The fraction of sp³-hybridized carbons (Fsp3) is 0.310. The molecule has 0 fully saturated rings. The van der Waals surface area contributed by atoms with E-state index in [2.05, 4.69) is 5.32 Å². The van der Waals surface area contributed by atoms with E-state index in [1.165, 1.54) is 43.4 Å². The number of benzene rings is 3. The van der Waals surface area contributed by atoms with E-state index < -0.39 is 28.5 Å². The van der Waals surface area contributed by atoms with Crippen molar-refractivity contribution in [2.24, 2.45) is 0 Å². The van der Waals surface area contributed by atoms with Crippen LogP contribution in [-0.2, 0) is 26.2 Å². The monoisotopic (exact) mass is 621 g/mol. The highest BCUT2D eigenvalue weighted by Gasteiger charge is 2.34. The molecule has 2 amide bonds. The summed E-state index contributed by atoms with van der Waals surface area (Å²) in [6, 6.07) is 16.4. The molecule has 0 aliphatic carbocycles. The Bertz CT molecular complexity index is 1470. The van der Waals surface area contributed by atoms with Crippen molar-refractivity contribution in [2.45, 2.75) is 37.8 Å². The number of hydrogen-bond acceptors (Lipinski definition) is 6. The van der Waals surface area contributed by atoms with Gasteiger partial charge in [-0.15, -0.1) is 0 Å². The Morgan fingerprint density at radius 3 is 2.17 bits per heavy atom. The van der Waals surface area contributed by atoms with E-state index in [4.69, 9.17) is 32.7 Å². The lowest BCUT2D eigenvalue weighted by molar-refractivity contribution is -0.140. The largest absolute Gasteiger partial charge is 0.493 e. The number of rotatable bonds is 13. The quantitative estimate of drug-likeness (QED) is 0.283. The normalized spacial score (nSPS) is 11.9. The van der Waals surface area contributed by atoms with Crippen LogP contribution in [0.15, 0.2) is 71.6 Å². The molecule has 3 aromatic carbocycles. The summed E-state index contributed by atoms with van der Waals surface area (Å²) < 4.78 is 39.6. The van der Waals surface area contributed by atoms with Crippen LogP contribution in [0.25, 0.3) is 0 Å². The first-order valence-electron chi connectivity index (χ1n) is 12.9. The molecule has 0 radical (unpaired) electrons. The SMILES string of the molecule is CCNC(=O)C(CC)N(Cc1ccc(Cl)c(Cl)c1)C(=O)CN(c1ccc(OC)c(OC)c1)S(=O)(=O)c1ccccc1. The Morgan fingerprint density at radius 2 is 1.59 bits per heavy atom. The van der Waals surface area contributed by atoms with Crippen LogP contribution in [0.3, 0.4) is 0 Å². The smallest absolute Gasteiger partial charge is 0.264 e. The molecular weight excluding hydrogens is 589 g/mol. The van der Waals surface area contributed by atoms with Gasteiger partial charge < -0.3 is 19.7 Å². The second kappa shape index (κ2) is 14.4. The molecule has 0 heterocycles. The van der Waals surface area contributed by atoms with Gasteiger partial charge in [0.05, 0.1) is 34.8 Å². The van der Waals surface area contributed by atoms with Gasteiger partial charge in [0.25, 0.3) is 10.0 Å². The Kier molecular flexibility index (Phi) is 11.3. The van der Waals surface area contributed by atoms with E-state index in [1.807, 2.05) is 0 Å². The summed E-state index contributed by atoms with van der Waals surface area (Å²) in [5.74, 6) is -0.272. The summed E-state index contributed by atoms with van der Waals surface area (Å²) in [5.41, 5.74) is 0.805. The number of hydrogen-bond donors (Lipinski definition) is 1. The molecule has 1 unspecified atom stereocenters. The zero-order chi connectivity index (χ0) is 30.2. The molecule has 0 bridgehead atoms. The first-order valence-corrected chi connectivity index (χ1v) is 15.1. The maximum Gasteiger partial charge on any atom is 0.264 e. The average molecular weight is 623 g/mol. The number of ether oxygens (including phenoxy) is 2. The van der Waals surface area contributed by atoms with Crippen LogP contribution in [0.5, 0.6) is 11.5 Å². The standard InChI is InChI=1S/C29H33Cl2N3O6S/c1-5-25(29(36)32-6-2)33(18-20-12-14-23(30)24(31)16-20)28(35)19-34(41(37,38)22-10-8-7-9-11-22)21-13-15-26(39-3)27(17-21)40-4/h7-17,25H,5-6,18-19H2,1-4H3,(H,32,36). The van der Waals surface area contributed by atoms with E-state index in [9.17, 15) is 18.0 Å². The van der Waals surface area contributed by atoms with Crippen LogP contribution in [0.4, 0.5) is 5.69 Å². The van der Waals surface area contributed by atoms with Crippen molar-refractivity contribution >= 4 is 50.7 Å². The molecule has 9 nitrogen and oxygen atoms in total. The van der Waals surface area contributed by atoms with Gasteiger partial charge in [0.15, 0.2) is 11.5 Å². The molecule has 12 heteroatoms. The number of nitrogens with zero attached hydrogens (tertiary/aromatic N) is 2. The molecule has 3 aromatic rings. The van der Waals surface area contributed by atoms with E-state index in [0.717, 1.165) is 4.31 Å². The summed E-state index contributed by atoms with van der Waals surface area (Å²) in [7, 11) is -1.33. The molecule has 3 rings (SSSR count). The van der Waals surface area contributed by atoms with E-state index in [1.54, 1.807) is 56.3 Å². The topological polar surface area (TPSA) is 105 Å². The molecule has 0 aliphatic rings. The number of nitrogens with one attached hydrogen (secondary N) is 1. The highest BCUT2D eigenvalue weighted by Crippen LogP contribution is 2.34. The number of carbonyl (C=O) groups excluding carboxylic acids is 2. The molecule has 0 saturated heterocycles. The predicted octanol–water partition coefficient (Wildman–Crippen LogP) is 5.15. The zero-order valence-electron chi connectivity index (χ0n) is 23.3. The minimum atomic E-state index is -4.22. The molecule has 0 aliphatic heterocycles. The van der Waals surface area contributed by atoms with E-state index in [-0.39, 0.29) is 28.8 Å². The van der Waals surface area contributed by atoms with Crippen molar-refractivity contribution in [3.63, 3.8) is 0 Å². The summed E-state index contributed by atoms with van der Waals surface area (Å²) in [6.07, 6.45) is 0.292. The second-order valence-corrected chi connectivity index (χ2v) is 11.6. The third kappa shape index (κ3) is 7.63. The van der Waals surface area contributed by atoms with Crippen LogP contribution >= 0.6 is 23.2 Å². The van der Waals surface area contributed by atoms with Crippen molar-refractivity contribution in [1.82, 2.24) is 10.2 Å². The van der Waals surface area contributed by atoms with Gasteiger partial charge in [0.1, 0.15) is 12.6 Å². The highest BCUT2D eigenvalue weighted by atomic mass is 35.5. The molecule has 220 valence electrons. The van der Waals surface area contributed by atoms with Crippen LogP contribution in [-0.4, -0.2) is 58.5 Å². The van der Waals surface area contributed by atoms with Gasteiger partial charge in [-0.05, 0) is 55.3 Å². The van der Waals surface area contributed by atoms with Gasteiger partial charge in [-0.25, -0.2) is 8.42 Å². The van der Waals surface area contributed by atoms with Gasteiger partial charge in [-0.3, -0.25) is 13.9 Å². The minimum absolute atomic E-state index is 0.00345. The predicted molar refractivity (Wildman–Crippen MR) is 160 cm³/mol. The van der Waals surface area contributed by atoms with E-state index >= 15 is 0 Å². The van der Waals surface area contributed by atoms with E-state index in [0.29, 0.717) is 34.3 Å². The lowest BCUT2D eigenvalue weighted by Crippen LogP contribution is -2.52. The molecule has 0 saturated carbocycles. The van der Waals surface area contributed by atoms with Gasteiger partial charge >= 0.3 is 0 Å². The summed E-state index contributed by atoms with van der Waals surface area (Å²) in [4.78, 5) is 28.5. The van der Waals surface area contributed by atoms with Gasteiger partial charge in [0.2, 0.25) is 11.8 Å². The van der Waals surface area contributed by atoms with Gasteiger partial charge in [-0.2, -0.15) is 0 Å². The number of anilines is 1. The average Bonchev–Trinajstić information content (AvgIpc) is 2.97. The maximum absolute atomic E-state index is 14.1. The third-order valence-corrected chi connectivity index (χ3v) is 8.87. The number of sulfonamides is 1. The second-order valence-electron chi connectivity index (χ2n) is 8.95. The minimum Gasteiger partial charge on any atom is -0.493 e. The lowest BCUT2D eigenvalue weighted by atomic mass is 10.1. The number of carbonyl (C=O) groups is 2. The Hall–Kier alpha value is -3.47. The number of methoxy groups -OCH3 is 2. The van der Waals surface area contributed by atoms with Crippen LogP contribution in [0, 0.1) is 0 Å². The van der Waals surface area contributed by atoms with Crippen LogP contribution in [0.1, 0.15) is 25.8 Å². The van der Waals surface area contributed by atoms with Crippen molar-refractivity contribution in [1.29, 1.82) is 0 Å². The third-order valence-electron chi connectivity index (χ3n) is 6.34. The highest BCUT2D eigenvalue weighted by molar-refractivity contribution is 7.92. The summed E-state index contributed by atoms with van der Waals surface area (Å²) >= 11 is 12.3. The first-order chi connectivity index (χ1) is 19.6. The Balaban J connectivity index is 2.11. The Labute approximate surface area is 251 Å². The van der Waals surface area contributed by atoms with Crippen molar-refractivity contribution in [2.75, 3.05) is 31.6 Å². The summed E-state index contributed by atoms with van der Waals surface area (Å²) in [6.45, 7) is 3.33. The fourth-order valence-corrected chi connectivity index (χ4v) is 6.02. The van der Waals surface area contributed by atoms with Gasteiger partial charge in [-0.1, -0.05) is 54.4 Å². The molecule has 0 aromatic heterocycles. The lowest BCUT2D eigenvalue weighted by Gasteiger charge is -2.33.